The van der Waals surface area contributed by atoms with Gasteiger partial charge in [-0.25, -0.2) is 8.42 Å². The van der Waals surface area contributed by atoms with Crippen molar-refractivity contribution in [2.75, 3.05) is 40.0 Å². The number of hydrogen-bond acceptors (Lipinski definition) is 5. The highest BCUT2D eigenvalue weighted by Gasteiger charge is 2.32. The summed E-state index contributed by atoms with van der Waals surface area (Å²) in [6.45, 7) is 2.01. The monoisotopic (exact) mass is 310 g/mol. The van der Waals surface area contributed by atoms with Crippen molar-refractivity contribution in [2.45, 2.75) is 24.5 Å². The van der Waals surface area contributed by atoms with Gasteiger partial charge in [0.1, 0.15) is 0 Å². The van der Waals surface area contributed by atoms with E-state index in [-0.39, 0.29) is 5.25 Å². The summed E-state index contributed by atoms with van der Waals surface area (Å²) in [6.07, 6.45) is 1.47. The third-order valence-electron chi connectivity index (χ3n) is 3.10. The number of rotatable bonds is 8. The molecule has 8 heteroatoms. The molecule has 2 N–H and O–H groups in total. The molecule has 0 aromatic heterocycles. The van der Waals surface area contributed by atoms with Crippen LogP contribution >= 0.6 is 12.2 Å². The summed E-state index contributed by atoms with van der Waals surface area (Å²) in [6, 6.07) is 0. The predicted octanol–water partition coefficient (Wildman–Crippen LogP) is 0.120. The topological polar surface area (TPSA) is 81.9 Å². The van der Waals surface area contributed by atoms with Crippen LogP contribution in [0, 0.1) is 0 Å². The predicted molar refractivity (Wildman–Crippen MR) is 77.6 cm³/mol. The molecule has 6 nitrogen and oxygen atoms in total. The minimum Gasteiger partial charge on any atom is -0.393 e. The molecule has 0 saturated carbocycles. The second-order valence-electron chi connectivity index (χ2n) is 4.46. The Bertz CT molecular complexity index is 380. The largest absolute Gasteiger partial charge is 0.393 e. The minimum atomic E-state index is -3.33. The Morgan fingerprint density at radius 2 is 2.05 bits per heavy atom. The van der Waals surface area contributed by atoms with E-state index in [4.69, 9.17) is 27.4 Å². The molecule has 19 heavy (non-hydrogen) atoms. The fourth-order valence-corrected chi connectivity index (χ4v) is 3.95. The average molecular weight is 310 g/mol. The molecule has 1 fully saturated rings. The summed E-state index contributed by atoms with van der Waals surface area (Å²) < 4.78 is 36.7. The van der Waals surface area contributed by atoms with Crippen LogP contribution in [-0.2, 0) is 19.5 Å². The number of methoxy groups -OCH3 is 1. The third kappa shape index (κ3) is 5.31. The number of nitrogens with zero attached hydrogens (tertiary/aromatic N) is 1. The zero-order valence-corrected chi connectivity index (χ0v) is 12.8. The van der Waals surface area contributed by atoms with E-state index in [2.05, 4.69) is 0 Å². The normalized spacial score (nSPS) is 17.8. The summed E-state index contributed by atoms with van der Waals surface area (Å²) in [7, 11) is -1.79. The van der Waals surface area contributed by atoms with Crippen LogP contribution in [0.5, 0.6) is 0 Å². The number of sulfonamides is 1. The van der Waals surface area contributed by atoms with Gasteiger partial charge in [-0.05, 0) is 12.8 Å². The quantitative estimate of drug-likeness (QED) is 0.641. The Hall–Kier alpha value is -0.280. The maximum Gasteiger partial charge on any atom is 0.217 e. The van der Waals surface area contributed by atoms with Gasteiger partial charge in [0.15, 0.2) is 0 Å². The van der Waals surface area contributed by atoms with Gasteiger partial charge in [-0.15, -0.1) is 0 Å². The van der Waals surface area contributed by atoms with Gasteiger partial charge in [0.25, 0.3) is 0 Å². The van der Waals surface area contributed by atoms with Crippen molar-refractivity contribution < 1.29 is 17.9 Å². The van der Waals surface area contributed by atoms with Gasteiger partial charge in [0.2, 0.25) is 10.0 Å². The molecule has 1 aliphatic heterocycles. The molecule has 0 unspecified atom stereocenters. The molecule has 0 bridgehead atoms. The smallest absolute Gasteiger partial charge is 0.217 e. The fraction of sp³-hybridized carbons (Fsp3) is 0.909. The molecule has 1 heterocycles. The van der Waals surface area contributed by atoms with Crippen LogP contribution in [-0.4, -0.2) is 63.0 Å². The summed E-state index contributed by atoms with van der Waals surface area (Å²) in [4.78, 5) is 0.324. The molecular formula is C11H22N2O4S2. The van der Waals surface area contributed by atoms with Gasteiger partial charge in [-0.1, -0.05) is 12.2 Å². The SMILES string of the molecule is COCCN(CCC(N)=S)S(=O)(=O)C1CCOCC1. The van der Waals surface area contributed by atoms with E-state index >= 15 is 0 Å². The third-order valence-corrected chi connectivity index (χ3v) is 5.70. The number of thiocarbonyl (C=S) groups is 1. The van der Waals surface area contributed by atoms with Gasteiger partial charge in [0, 0.05) is 39.8 Å². The number of ether oxygens (including phenoxy) is 2. The number of hydrogen-bond donors (Lipinski definition) is 1. The first-order valence-corrected chi connectivity index (χ1v) is 8.23. The molecule has 112 valence electrons. The molecule has 0 radical (unpaired) electrons. The summed E-state index contributed by atoms with van der Waals surface area (Å²) in [5.41, 5.74) is 5.45. The van der Waals surface area contributed by atoms with Gasteiger partial charge in [0.05, 0.1) is 16.8 Å². The maximum atomic E-state index is 12.5. The van der Waals surface area contributed by atoms with Crippen molar-refractivity contribution in [3.05, 3.63) is 0 Å². The molecule has 1 saturated heterocycles. The van der Waals surface area contributed by atoms with E-state index in [1.54, 1.807) is 7.11 Å². The minimum absolute atomic E-state index is 0.318. The van der Waals surface area contributed by atoms with E-state index in [9.17, 15) is 8.42 Å². The van der Waals surface area contributed by atoms with Crippen molar-refractivity contribution in [1.29, 1.82) is 0 Å². The van der Waals surface area contributed by atoms with Gasteiger partial charge in [-0.2, -0.15) is 4.31 Å². The molecule has 1 rings (SSSR count). The second-order valence-corrected chi connectivity index (χ2v) is 7.20. The first-order valence-electron chi connectivity index (χ1n) is 6.32. The van der Waals surface area contributed by atoms with Crippen molar-refractivity contribution in [3.8, 4) is 0 Å². The summed E-state index contributed by atoms with van der Waals surface area (Å²) in [5, 5.41) is -0.371. The fourth-order valence-electron chi connectivity index (χ4n) is 1.98. The maximum absolute atomic E-state index is 12.5. The van der Waals surface area contributed by atoms with Crippen LogP contribution in [0.3, 0.4) is 0 Å². The van der Waals surface area contributed by atoms with Crippen LogP contribution in [0.4, 0.5) is 0 Å². The zero-order valence-electron chi connectivity index (χ0n) is 11.2. The Morgan fingerprint density at radius 3 is 2.58 bits per heavy atom. The van der Waals surface area contributed by atoms with Crippen molar-refractivity contribution in [2.24, 2.45) is 5.73 Å². The van der Waals surface area contributed by atoms with Gasteiger partial charge < -0.3 is 15.2 Å². The van der Waals surface area contributed by atoms with Crippen LogP contribution in [0.2, 0.25) is 0 Å². The van der Waals surface area contributed by atoms with Crippen molar-refractivity contribution in [1.82, 2.24) is 4.31 Å². The molecular weight excluding hydrogens is 288 g/mol. The summed E-state index contributed by atoms with van der Waals surface area (Å²) in [5.74, 6) is 0. The second kappa shape index (κ2) is 8.11. The lowest BCUT2D eigenvalue weighted by Gasteiger charge is -2.29. The highest BCUT2D eigenvalue weighted by molar-refractivity contribution is 7.89. The zero-order chi connectivity index (χ0) is 14.3. The highest BCUT2D eigenvalue weighted by Crippen LogP contribution is 2.19. The van der Waals surface area contributed by atoms with Crippen molar-refractivity contribution in [3.63, 3.8) is 0 Å². The molecule has 0 aromatic rings. The molecule has 0 aromatic carbocycles. The molecule has 1 aliphatic rings. The van der Waals surface area contributed by atoms with Crippen LogP contribution in [0.1, 0.15) is 19.3 Å². The highest BCUT2D eigenvalue weighted by atomic mass is 32.2. The summed E-state index contributed by atoms with van der Waals surface area (Å²) >= 11 is 4.81. The van der Waals surface area contributed by atoms with Crippen LogP contribution < -0.4 is 5.73 Å². The van der Waals surface area contributed by atoms with Crippen LogP contribution in [0.25, 0.3) is 0 Å². The Kier molecular flexibility index (Phi) is 7.16. The van der Waals surface area contributed by atoms with Gasteiger partial charge >= 0.3 is 0 Å². The molecule has 0 aliphatic carbocycles. The van der Waals surface area contributed by atoms with E-state index in [0.717, 1.165) is 0 Å². The Balaban J connectivity index is 2.71. The molecule has 0 spiro atoms. The van der Waals surface area contributed by atoms with Gasteiger partial charge in [-0.3, -0.25) is 0 Å². The lowest BCUT2D eigenvalue weighted by molar-refractivity contribution is 0.0968. The van der Waals surface area contributed by atoms with Crippen LogP contribution in [0.15, 0.2) is 0 Å². The Morgan fingerprint density at radius 1 is 1.42 bits per heavy atom. The number of nitrogens with two attached hydrogens (primary N) is 1. The van der Waals surface area contributed by atoms with E-state index in [1.165, 1.54) is 4.31 Å². The lowest BCUT2D eigenvalue weighted by Crippen LogP contribution is -2.43. The average Bonchev–Trinajstić information content (AvgIpc) is 2.39. The first-order chi connectivity index (χ1) is 8.98. The molecule has 0 atom stereocenters. The van der Waals surface area contributed by atoms with E-state index in [1.807, 2.05) is 0 Å². The standard InChI is InChI=1S/C11H22N2O4S2/c1-16-9-6-13(5-2-11(12)18)19(14,15)10-3-7-17-8-4-10/h10H,2-9H2,1H3,(H2,12,18). The Labute approximate surface area is 120 Å². The lowest BCUT2D eigenvalue weighted by atomic mass is 10.2. The van der Waals surface area contributed by atoms with Crippen molar-refractivity contribution >= 4 is 27.2 Å². The molecule has 0 amide bonds. The first kappa shape index (κ1) is 16.8. The van der Waals surface area contributed by atoms with E-state index in [0.29, 0.717) is 57.2 Å². The van der Waals surface area contributed by atoms with E-state index < -0.39 is 10.0 Å².